The molecule has 5 heterocycles. The first-order valence-corrected chi connectivity index (χ1v) is 18.0. The lowest BCUT2D eigenvalue weighted by Gasteiger charge is -2.46. The van der Waals surface area contributed by atoms with Crippen molar-refractivity contribution in [3.05, 3.63) is 60.8 Å². The number of allylic oxidation sites excluding steroid dienone is 6. The number of amides is 2. The first kappa shape index (κ1) is 40.2. The quantitative estimate of drug-likeness (QED) is 0.129. The second-order valence-electron chi connectivity index (χ2n) is 14.0. The Bertz CT molecular complexity index is 1340. The minimum Gasteiger partial charge on any atom is -0.459 e. The molecule has 8 unspecified atom stereocenters. The van der Waals surface area contributed by atoms with Crippen molar-refractivity contribution in [2.45, 2.75) is 118 Å². The summed E-state index contributed by atoms with van der Waals surface area (Å²) in [6.07, 6.45) is 7.88. The highest BCUT2D eigenvalue weighted by atomic mass is 16.7. The zero-order chi connectivity index (χ0) is 37.3. The van der Waals surface area contributed by atoms with Gasteiger partial charge in [0, 0.05) is 64.4 Å². The molecule has 5 aliphatic rings. The molecule has 2 amide bonds. The summed E-state index contributed by atoms with van der Waals surface area (Å²) < 4.78 is 29.0. The minimum absolute atomic E-state index is 0.0395. The van der Waals surface area contributed by atoms with Crippen molar-refractivity contribution in [3.8, 4) is 0 Å². The maximum atomic E-state index is 13.3. The lowest BCUT2D eigenvalue weighted by molar-refractivity contribution is -0.298. The monoisotopic (exact) mass is 734 g/mol. The highest BCUT2D eigenvalue weighted by molar-refractivity contribution is 5.82. The molecule has 4 fully saturated rings. The zero-order valence-corrected chi connectivity index (χ0v) is 29.4. The van der Waals surface area contributed by atoms with Crippen molar-refractivity contribution < 1.29 is 58.8 Å². The van der Waals surface area contributed by atoms with E-state index in [0.29, 0.717) is 32.6 Å². The van der Waals surface area contributed by atoms with Crippen molar-refractivity contribution in [2.24, 2.45) is 5.73 Å². The summed E-state index contributed by atoms with van der Waals surface area (Å²) in [6.45, 7) is 3.77. The number of fused-ring (bicyclic) bond motifs is 3. The van der Waals surface area contributed by atoms with E-state index < -0.39 is 85.0 Å². The standard InChI is InChI=1S/C36H54N4O12/c1-22-9-7-5-3-2-4-6-8-10-24(50-34-33(45)31(37)26(43)21-48-34)18-29-32(39-35(46)40-15-13-38-14-16-40)25(42)20-36(47,52-29)19-23(41)17-28-27(51-28)11-12-30(44)49-22/h2-8,10-12,22-29,31-34,38,41-43,45,47H,9,13-21,37H2,1H3,(H,39,46)/b3-2+,6-4+,7-5+,10-8+,12-11+/t22?,23?,24?,25-,26?,27+,28?,29-,31-,32?,33-,34?,36?/m0/s1. The van der Waals surface area contributed by atoms with Gasteiger partial charge < -0.3 is 70.5 Å². The average Bonchev–Trinajstić information content (AvgIpc) is 3.84. The van der Waals surface area contributed by atoms with Gasteiger partial charge in [-0.25, -0.2) is 9.59 Å². The van der Waals surface area contributed by atoms with Gasteiger partial charge in [-0.3, -0.25) is 0 Å². The molecule has 0 aromatic carbocycles. The van der Waals surface area contributed by atoms with Crippen LogP contribution >= 0.6 is 0 Å². The molecule has 290 valence electrons. The topological polar surface area (TPSA) is 238 Å². The summed E-state index contributed by atoms with van der Waals surface area (Å²) in [5.41, 5.74) is 5.99. The van der Waals surface area contributed by atoms with Gasteiger partial charge in [0.05, 0.1) is 55.3 Å². The third-order valence-electron chi connectivity index (χ3n) is 9.64. The van der Waals surface area contributed by atoms with Gasteiger partial charge in [0.2, 0.25) is 0 Å². The lowest BCUT2D eigenvalue weighted by Crippen LogP contribution is -2.64. The zero-order valence-electron chi connectivity index (χ0n) is 29.4. The molecule has 13 atom stereocenters. The number of aliphatic hydroxyl groups excluding tert-OH is 4. The van der Waals surface area contributed by atoms with Gasteiger partial charge in [-0.2, -0.15) is 0 Å². The van der Waals surface area contributed by atoms with E-state index in [0.717, 1.165) is 0 Å². The number of cyclic esters (lactones) is 1. The van der Waals surface area contributed by atoms with Crippen LogP contribution < -0.4 is 16.4 Å². The van der Waals surface area contributed by atoms with E-state index in [9.17, 15) is 35.1 Å². The first-order valence-electron chi connectivity index (χ1n) is 18.0. The van der Waals surface area contributed by atoms with Crippen LogP contribution in [0.4, 0.5) is 4.79 Å². The maximum Gasteiger partial charge on any atom is 0.330 e. The molecule has 16 heteroatoms. The van der Waals surface area contributed by atoms with Crippen molar-refractivity contribution in [1.29, 1.82) is 0 Å². The van der Waals surface area contributed by atoms with Crippen LogP contribution in [0.15, 0.2) is 60.8 Å². The molecule has 0 radical (unpaired) electrons. The molecule has 0 spiro atoms. The van der Waals surface area contributed by atoms with Crippen LogP contribution in [0.2, 0.25) is 0 Å². The second-order valence-corrected chi connectivity index (χ2v) is 14.0. The van der Waals surface area contributed by atoms with Gasteiger partial charge >= 0.3 is 12.0 Å². The number of nitrogens with two attached hydrogens (primary N) is 1. The van der Waals surface area contributed by atoms with E-state index >= 15 is 0 Å². The SMILES string of the molecule is CC1C/C=C/C=C/C=C/C=C/C(OC2OCC(O)[C@H](N)[C@@H]2O)C[C@@H]2OC(O)(CC(O)CC3O[C@@H]3/C=C/C(=O)O1)C[C@H](O)C2NC(=O)N1CCNCC1. The number of rotatable bonds is 3. The summed E-state index contributed by atoms with van der Waals surface area (Å²) in [5, 5.41) is 61.1. The van der Waals surface area contributed by atoms with Crippen molar-refractivity contribution in [2.75, 3.05) is 32.8 Å². The summed E-state index contributed by atoms with van der Waals surface area (Å²) in [7, 11) is 0. The van der Waals surface area contributed by atoms with Gasteiger partial charge in [-0.05, 0) is 13.0 Å². The van der Waals surface area contributed by atoms with E-state index in [1.165, 1.54) is 6.08 Å². The van der Waals surface area contributed by atoms with E-state index in [-0.39, 0.29) is 38.4 Å². The van der Waals surface area contributed by atoms with Crippen LogP contribution in [0.25, 0.3) is 0 Å². The van der Waals surface area contributed by atoms with Gasteiger partial charge in [0.1, 0.15) is 18.3 Å². The molecule has 16 nitrogen and oxygen atoms in total. The Morgan fingerprint density at radius 2 is 1.73 bits per heavy atom. The molecule has 0 aromatic rings. The number of epoxide rings is 1. The van der Waals surface area contributed by atoms with Gasteiger partial charge in [0.15, 0.2) is 12.1 Å². The predicted octanol–water partition coefficient (Wildman–Crippen LogP) is -0.986. The van der Waals surface area contributed by atoms with Crippen LogP contribution in [0.5, 0.6) is 0 Å². The number of hydrogen-bond donors (Lipinski definition) is 8. The van der Waals surface area contributed by atoms with E-state index in [1.54, 1.807) is 48.3 Å². The predicted molar refractivity (Wildman–Crippen MR) is 186 cm³/mol. The average molecular weight is 735 g/mol. The molecule has 2 bridgehead atoms. The summed E-state index contributed by atoms with van der Waals surface area (Å²) in [4.78, 5) is 27.2. The number of carbonyl (C=O) groups is 2. The Balaban J connectivity index is 1.39. The molecule has 0 saturated carbocycles. The molecular formula is C36H54N4O12. The molecule has 5 rings (SSSR count). The Morgan fingerprint density at radius 3 is 2.50 bits per heavy atom. The largest absolute Gasteiger partial charge is 0.459 e. The number of ether oxygens (including phenoxy) is 5. The first-order chi connectivity index (χ1) is 24.9. The molecule has 0 aromatic heterocycles. The molecular weight excluding hydrogens is 680 g/mol. The fourth-order valence-electron chi connectivity index (χ4n) is 6.72. The fraction of sp³-hybridized carbons (Fsp3) is 0.667. The van der Waals surface area contributed by atoms with E-state index in [1.807, 2.05) is 18.2 Å². The number of carbonyl (C=O) groups excluding carboxylic acids is 2. The summed E-state index contributed by atoms with van der Waals surface area (Å²) >= 11 is 0. The van der Waals surface area contributed by atoms with Gasteiger partial charge in [-0.1, -0.05) is 48.6 Å². The van der Waals surface area contributed by atoms with Gasteiger partial charge in [0.25, 0.3) is 0 Å². The summed E-state index contributed by atoms with van der Waals surface area (Å²) in [6, 6.07) is -2.43. The van der Waals surface area contributed by atoms with E-state index in [2.05, 4.69) is 10.6 Å². The number of nitrogens with one attached hydrogen (secondary N) is 2. The third-order valence-corrected chi connectivity index (χ3v) is 9.64. The molecule has 5 aliphatic heterocycles. The summed E-state index contributed by atoms with van der Waals surface area (Å²) in [5.74, 6) is -2.51. The third kappa shape index (κ3) is 11.8. The Labute approximate surface area is 303 Å². The highest BCUT2D eigenvalue weighted by Crippen LogP contribution is 2.36. The second kappa shape index (κ2) is 18.9. The van der Waals surface area contributed by atoms with Crippen LogP contribution in [0.3, 0.4) is 0 Å². The Kier molecular flexibility index (Phi) is 14.6. The number of aliphatic hydroxyl groups is 5. The van der Waals surface area contributed by atoms with Crippen LogP contribution in [-0.2, 0) is 28.5 Å². The normalized spacial score (nSPS) is 44.1. The molecule has 52 heavy (non-hydrogen) atoms. The molecule has 0 aliphatic carbocycles. The smallest absolute Gasteiger partial charge is 0.330 e. The molecule has 4 saturated heterocycles. The van der Waals surface area contributed by atoms with Gasteiger partial charge in [-0.15, -0.1) is 0 Å². The Hall–Kier alpha value is -3.00. The number of urea groups is 1. The highest BCUT2D eigenvalue weighted by Gasteiger charge is 2.49. The van der Waals surface area contributed by atoms with E-state index in [4.69, 9.17) is 29.4 Å². The Morgan fingerprint density at radius 1 is 1.00 bits per heavy atom. The van der Waals surface area contributed by atoms with Crippen molar-refractivity contribution in [3.63, 3.8) is 0 Å². The minimum atomic E-state index is -2.01. The van der Waals surface area contributed by atoms with Crippen molar-refractivity contribution >= 4 is 12.0 Å². The number of esters is 1. The van der Waals surface area contributed by atoms with Crippen LogP contribution in [-0.4, -0.2) is 154 Å². The maximum absolute atomic E-state index is 13.3. The number of hydrogen-bond acceptors (Lipinski definition) is 14. The number of piperazine rings is 1. The van der Waals surface area contributed by atoms with Crippen molar-refractivity contribution in [1.82, 2.24) is 15.5 Å². The lowest BCUT2D eigenvalue weighted by atomic mass is 9.87. The number of nitrogens with zero attached hydrogens (tertiary/aromatic N) is 1. The fourth-order valence-corrected chi connectivity index (χ4v) is 6.72. The molecule has 9 N–H and O–H groups in total. The van der Waals surface area contributed by atoms with Crippen LogP contribution in [0.1, 0.15) is 39.0 Å². The van der Waals surface area contributed by atoms with Crippen LogP contribution in [0, 0.1) is 0 Å².